The molecule has 0 bridgehead atoms. The highest BCUT2D eigenvalue weighted by Crippen LogP contribution is 2.22. The predicted molar refractivity (Wildman–Crippen MR) is 58.2 cm³/mol. The lowest BCUT2D eigenvalue weighted by atomic mass is 9.89. The topological polar surface area (TPSA) is 50.4 Å². The summed E-state index contributed by atoms with van der Waals surface area (Å²) in [6.45, 7) is 1.24. The molecule has 1 fully saturated rings. The number of amides is 1. The Hall–Kier alpha value is -0.530. The van der Waals surface area contributed by atoms with Crippen LogP contribution in [-0.2, 0) is 9.53 Å². The third kappa shape index (κ3) is 4.69. The molecule has 0 aromatic rings. The van der Waals surface area contributed by atoms with Crippen molar-refractivity contribution < 1.29 is 22.7 Å². The van der Waals surface area contributed by atoms with E-state index in [9.17, 15) is 18.0 Å². The normalized spacial score (nSPS) is 19.3. The van der Waals surface area contributed by atoms with Crippen LogP contribution in [0.25, 0.3) is 0 Å². The molecule has 1 amide bonds. The molecule has 0 aromatic heterocycles. The summed E-state index contributed by atoms with van der Waals surface area (Å²) < 4.78 is 41.3. The first-order chi connectivity index (χ1) is 7.40. The number of nitrogens with one attached hydrogen (secondary N) is 2. The molecule has 1 aliphatic rings. The molecule has 102 valence electrons. The summed E-state index contributed by atoms with van der Waals surface area (Å²) in [7, 11) is 1.41. The zero-order valence-electron chi connectivity index (χ0n) is 9.39. The maximum absolute atomic E-state index is 12.1. The Balaban J connectivity index is 0.00000256. The Kier molecular flexibility index (Phi) is 6.22. The molecular weight excluding hydrogens is 261 g/mol. The van der Waals surface area contributed by atoms with Crippen LogP contribution in [0.15, 0.2) is 0 Å². The van der Waals surface area contributed by atoms with Gasteiger partial charge in [-0.3, -0.25) is 4.79 Å². The number of hydrogen-bond donors (Lipinski definition) is 2. The van der Waals surface area contributed by atoms with E-state index in [4.69, 9.17) is 4.74 Å². The number of carbonyl (C=O) groups excluding carboxylic acids is 1. The van der Waals surface area contributed by atoms with Crippen molar-refractivity contribution in [1.82, 2.24) is 10.6 Å². The van der Waals surface area contributed by atoms with Gasteiger partial charge in [-0.1, -0.05) is 0 Å². The highest BCUT2D eigenvalue weighted by molar-refractivity contribution is 5.85. The van der Waals surface area contributed by atoms with Gasteiger partial charge in [-0.15, -0.1) is 12.4 Å². The number of methoxy groups -OCH3 is 1. The minimum Gasteiger partial charge on any atom is -0.382 e. The third-order valence-corrected chi connectivity index (χ3v) is 2.62. The number of rotatable bonds is 3. The summed E-state index contributed by atoms with van der Waals surface area (Å²) in [6, 6.07) is 0. The number of halogens is 4. The average molecular weight is 277 g/mol. The monoisotopic (exact) mass is 276 g/mol. The van der Waals surface area contributed by atoms with E-state index < -0.39 is 17.6 Å². The van der Waals surface area contributed by atoms with Crippen molar-refractivity contribution >= 4 is 18.3 Å². The van der Waals surface area contributed by atoms with Gasteiger partial charge in [0, 0.05) is 7.11 Å². The van der Waals surface area contributed by atoms with Gasteiger partial charge in [-0.25, -0.2) is 0 Å². The van der Waals surface area contributed by atoms with Crippen molar-refractivity contribution in [3.8, 4) is 0 Å². The zero-order valence-corrected chi connectivity index (χ0v) is 10.2. The summed E-state index contributed by atoms with van der Waals surface area (Å²) in [4.78, 5) is 10.9. The Morgan fingerprint density at radius 3 is 2.35 bits per heavy atom. The number of hydrogen-bond acceptors (Lipinski definition) is 3. The van der Waals surface area contributed by atoms with E-state index >= 15 is 0 Å². The molecule has 2 N–H and O–H groups in total. The fraction of sp³-hybridized carbons (Fsp3) is 0.889. The number of ether oxygens (including phenoxy) is 1. The van der Waals surface area contributed by atoms with Crippen LogP contribution in [-0.4, -0.2) is 44.4 Å². The summed E-state index contributed by atoms with van der Waals surface area (Å²) >= 11 is 0. The second-order valence-electron chi connectivity index (χ2n) is 3.92. The minimum absolute atomic E-state index is 0. The number of carbonyl (C=O) groups is 1. The van der Waals surface area contributed by atoms with E-state index in [0.717, 1.165) is 0 Å². The van der Waals surface area contributed by atoms with Crippen LogP contribution < -0.4 is 10.6 Å². The van der Waals surface area contributed by atoms with Gasteiger partial charge < -0.3 is 15.4 Å². The van der Waals surface area contributed by atoms with E-state index in [1.165, 1.54) is 7.11 Å². The van der Waals surface area contributed by atoms with Gasteiger partial charge >= 0.3 is 12.1 Å². The summed E-state index contributed by atoms with van der Waals surface area (Å²) in [6.07, 6.45) is -3.98. The lowest BCUT2D eigenvalue weighted by Gasteiger charge is -2.37. The molecule has 0 radical (unpaired) electrons. The maximum atomic E-state index is 12.1. The Morgan fingerprint density at radius 2 is 1.94 bits per heavy atom. The van der Waals surface area contributed by atoms with Crippen LogP contribution in [0.5, 0.6) is 0 Å². The average Bonchev–Trinajstić information content (AvgIpc) is 2.17. The van der Waals surface area contributed by atoms with Crippen LogP contribution in [0.1, 0.15) is 12.8 Å². The van der Waals surface area contributed by atoms with Crippen LogP contribution in [0.4, 0.5) is 13.2 Å². The molecule has 1 heterocycles. The van der Waals surface area contributed by atoms with E-state index in [0.29, 0.717) is 25.9 Å². The van der Waals surface area contributed by atoms with E-state index in [2.05, 4.69) is 5.32 Å². The van der Waals surface area contributed by atoms with Gasteiger partial charge in [-0.2, -0.15) is 13.2 Å². The molecule has 8 heteroatoms. The molecule has 0 aliphatic carbocycles. The molecule has 17 heavy (non-hydrogen) atoms. The fourth-order valence-corrected chi connectivity index (χ4v) is 1.80. The third-order valence-electron chi connectivity index (χ3n) is 2.62. The van der Waals surface area contributed by atoms with Gasteiger partial charge in [0.1, 0.15) is 0 Å². The SMILES string of the molecule is COCC1(NC(=O)C(F)(F)F)CCNCC1.Cl. The molecular formula is C9H16ClF3N2O2. The molecule has 1 saturated heterocycles. The highest BCUT2D eigenvalue weighted by atomic mass is 35.5. The molecule has 0 unspecified atom stereocenters. The minimum atomic E-state index is -4.84. The summed E-state index contributed by atoms with van der Waals surface area (Å²) in [5.41, 5.74) is -0.896. The second-order valence-corrected chi connectivity index (χ2v) is 3.92. The van der Waals surface area contributed by atoms with Crippen LogP contribution >= 0.6 is 12.4 Å². The van der Waals surface area contributed by atoms with Gasteiger partial charge in [0.25, 0.3) is 0 Å². The van der Waals surface area contributed by atoms with Crippen molar-refractivity contribution in [2.24, 2.45) is 0 Å². The largest absolute Gasteiger partial charge is 0.471 e. The van der Waals surface area contributed by atoms with Crippen LogP contribution in [0.2, 0.25) is 0 Å². The molecule has 1 aliphatic heterocycles. The first-order valence-electron chi connectivity index (χ1n) is 4.99. The Morgan fingerprint density at radius 1 is 1.41 bits per heavy atom. The Labute approximate surface area is 104 Å². The highest BCUT2D eigenvalue weighted by Gasteiger charge is 2.44. The number of piperidine rings is 1. The standard InChI is InChI=1S/C9H15F3N2O2.ClH/c1-16-6-8(2-4-13-5-3-8)14-7(15)9(10,11)12;/h13H,2-6H2,1H3,(H,14,15);1H. The van der Waals surface area contributed by atoms with Crippen LogP contribution in [0.3, 0.4) is 0 Å². The predicted octanol–water partition coefficient (Wildman–Crippen LogP) is 0.855. The molecule has 0 atom stereocenters. The Bertz CT molecular complexity index is 250. The molecule has 0 aromatic carbocycles. The van der Waals surface area contributed by atoms with Crippen molar-refractivity contribution in [3.63, 3.8) is 0 Å². The zero-order chi connectivity index (χ0) is 12.2. The van der Waals surface area contributed by atoms with E-state index in [1.807, 2.05) is 5.32 Å². The van der Waals surface area contributed by atoms with Gasteiger partial charge in [-0.05, 0) is 25.9 Å². The fourth-order valence-electron chi connectivity index (χ4n) is 1.80. The van der Waals surface area contributed by atoms with Crippen molar-refractivity contribution in [2.45, 2.75) is 24.6 Å². The van der Waals surface area contributed by atoms with Gasteiger partial charge in [0.15, 0.2) is 0 Å². The van der Waals surface area contributed by atoms with E-state index in [-0.39, 0.29) is 19.0 Å². The summed E-state index contributed by atoms with van der Waals surface area (Å²) in [5.74, 6) is -1.90. The van der Waals surface area contributed by atoms with Crippen molar-refractivity contribution in [2.75, 3.05) is 26.8 Å². The lowest BCUT2D eigenvalue weighted by Crippen LogP contribution is -2.59. The quantitative estimate of drug-likeness (QED) is 0.804. The lowest BCUT2D eigenvalue weighted by molar-refractivity contribution is -0.176. The molecule has 0 spiro atoms. The first-order valence-corrected chi connectivity index (χ1v) is 4.99. The van der Waals surface area contributed by atoms with Crippen molar-refractivity contribution in [3.05, 3.63) is 0 Å². The number of alkyl halides is 3. The maximum Gasteiger partial charge on any atom is 0.471 e. The van der Waals surface area contributed by atoms with Crippen LogP contribution in [0, 0.1) is 0 Å². The second kappa shape index (κ2) is 6.42. The smallest absolute Gasteiger partial charge is 0.382 e. The van der Waals surface area contributed by atoms with Crippen molar-refractivity contribution in [1.29, 1.82) is 0 Å². The van der Waals surface area contributed by atoms with E-state index in [1.54, 1.807) is 0 Å². The summed E-state index contributed by atoms with van der Waals surface area (Å²) in [5, 5.41) is 5.07. The first kappa shape index (κ1) is 16.5. The molecule has 1 rings (SSSR count). The van der Waals surface area contributed by atoms with Gasteiger partial charge in [0.2, 0.25) is 0 Å². The van der Waals surface area contributed by atoms with Gasteiger partial charge in [0.05, 0.1) is 12.1 Å². The molecule has 4 nitrogen and oxygen atoms in total. The molecule has 0 saturated carbocycles.